The summed E-state index contributed by atoms with van der Waals surface area (Å²) in [6, 6.07) is 7.92. The molecule has 5 heteroatoms. The fourth-order valence-electron chi connectivity index (χ4n) is 3.34. The molecule has 0 unspecified atom stereocenters. The first-order valence-corrected chi connectivity index (χ1v) is 8.08. The van der Waals surface area contributed by atoms with Gasteiger partial charge in [0.2, 0.25) is 0 Å². The minimum atomic E-state index is -0.378. The van der Waals surface area contributed by atoms with Gasteiger partial charge in [-0.15, -0.1) is 0 Å². The molecule has 5 nitrogen and oxygen atoms in total. The number of nitrogens with zero attached hydrogens (tertiary/aromatic N) is 1. The molecule has 0 bridgehead atoms. The number of amides is 1. The molecule has 2 aliphatic rings. The largest absolute Gasteiger partial charge is 0.381 e. The number of carbonyl (C=O) groups excluding carboxylic acids is 1. The number of hydrogen-bond donors (Lipinski definition) is 1. The highest BCUT2D eigenvalue weighted by molar-refractivity contribution is 6.43. The van der Waals surface area contributed by atoms with E-state index in [0.29, 0.717) is 25.5 Å². The summed E-state index contributed by atoms with van der Waals surface area (Å²) in [5.41, 5.74) is 1.84. The lowest BCUT2D eigenvalue weighted by Gasteiger charge is -2.36. The van der Waals surface area contributed by atoms with Crippen LogP contribution in [0.25, 0.3) is 0 Å². The van der Waals surface area contributed by atoms with Crippen LogP contribution in [0, 0.1) is 0 Å². The number of hydrogen-bond acceptors (Lipinski definition) is 4. The van der Waals surface area contributed by atoms with E-state index in [0.717, 1.165) is 24.1 Å². The van der Waals surface area contributed by atoms with Crippen molar-refractivity contribution in [2.45, 2.75) is 37.7 Å². The highest BCUT2D eigenvalue weighted by Crippen LogP contribution is 2.39. The number of methoxy groups -OCH3 is 1. The molecule has 0 aliphatic carbocycles. The lowest BCUT2D eigenvalue weighted by Crippen LogP contribution is -2.50. The van der Waals surface area contributed by atoms with Crippen LogP contribution in [0.5, 0.6) is 0 Å². The fourth-order valence-corrected chi connectivity index (χ4v) is 3.34. The molecule has 1 aromatic rings. The summed E-state index contributed by atoms with van der Waals surface area (Å²) >= 11 is 0. The monoisotopic (exact) mass is 316 g/mol. The quantitative estimate of drug-likeness (QED) is 0.927. The summed E-state index contributed by atoms with van der Waals surface area (Å²) in [5.74, 6) is -0.117. The molecule has 0 aromatic heterocycles. The Labute approximate surface area is 137 Å². The highest BCUT2D eigenvalue weighted by atomic mass is 16.5. The van der Waals surface area contributed by atoms with E-state index >= 15 is 0 Å². The molecule has 3 rings (SSSR count). The molecule has 0 spiro atoms. The van der Waals surface area contributed by atoms with E-state index in [9.17, 15) is 4.79 Å². The van der Waals surface area contributed by atoms with Crippen molar-refractivity contribution in [2.75, 3.05) is 26.9 Å². The summed E-state index contributed by atoms with van der Waals surface area (Å²) in [7, 11) is 1.70. The van der Waals surface area contributed by atoms with Gasteiger partial charge in [0, 0.05) is 45.1 Å². The number of para-hydroxylation sites is 1. The van der Waals surface area contributed by atoms with Crippen LogP contribution < -0.4 is 5.32 Å². The molecule has 1 saturated heterocycles. The predicted molar refractivity (Wildman–Crippen MR) is 89.4 cm³/mol. The van der Waals surface area contributed by atoms with Gasteiger partial charge >= 0.3 is 0 Å². The van der Waals surface area contributed by atoms with Gasteiger partial charge in [0.1, 0.15) is 5.71 Å². The van der Waals surface area contributed by atoms with Crippen molar-refractivity contribution in [1.29, 1.82) is 0 Å². The van der Waals surface area contributed by atoms with E-state index in [1.165, 1.54) is 0 Å². The molecular weight excluding hydrogens is 292 g/mol. The standard InChI is InChI=1S/C18H24N2O3/c1-17(2)13-6-4-5-7-14(13)20-15(17)16(21)19-12-18(22-3)8-10-23-11-9-18/h4-7H,8-12H2,1-3H3,(H,19,21). The van der Waals surface area contributed by atoms with Gasteiger partial charge in [-0.3, -0.25) is 4.79 Å². The second kappa shape index (κ2) is 6.06. The molecule has 1 N–H and O–H groups in total. The van der Waals surface area contributed by atoms with Gasteiger partial charge < -0.3 is 14.8 Å². The van der Waals surface area contributed by atoms with Gasteiger partial charge in [-0.05, 0) is 25.5 Å². The Morgan fingerprint density at radius 3 is 2.65 bits per heavy atom. The lowest BCUT2D eigenvalue weighted by molar-refractivity contribution is -0.120. The van der Waals surface area contributed by atoms with Crippen molar-refractivity contribution in [3.8, 4) is 0 Å². The molecule has 2 aliphatic heterocycles. The molecule has 0 atom stereocenters. The van der Waals surface area contributed by atoms with Gasteiger partial charge in [0.15, 0.2) is 0 Å². The van der Waals surface area contributed by atoms with Crippen molar-refractivity contribution in [3.05, 3.63) is 29.8 Å². The molecule has 1 fully saturated rings. The predicted octanol–water partition coefficient (Wildman–Crippen LogP) is 2.36. The van der Waals surface area contributed by atoms with E-state index in [4.69, 9.17) is 9.47 Å². The average molecular weight is 316 g/mol. The van der Waals surface area contributed by atoms with Crippen LogP contribution in [0.3, 0.4) is 0 Å². The Balaban J connectivity index is 1.72. The SMILES string of the molecule is COC1(CNC(=O)C2=Nc3ccccc3C2(C)C)CCOCC1. The fraction of sp³-hybridized carbons (Fsp3) is 0.556. The van der Waals surface area contributed by atoms with Gasteiger partial charge in [-0.1, -0.05) is 18.2 Å². The van der Waals surface area contributed by atoms with Crippen LogP contribution >= 0.6 is 0 Å². The van der Waals surface area contributed by atoms with E-state index in [2.05, 4.69) is 10.3 Å². The molecular formula is C18H24N2O3. The van der Waals surface area contributed by atoms with Crippen molar-refractivity contribution in [3.63, 3.8) is 0 Å². The first-order chi connectivity index (χ1) is 11.0. The Kier molecular flexibility index (Phi) is 4.25. The van der Waals surface area contributed by atoms with Crippen molar-refractivity contribution in [2.24, 2.45) is 4.99 Å². The lowest BCUT2D eigenvalue weighted by atomic mass is 9.81. The topological polar surface area (TPSA) is 59.9 Å². The summed E-state index contributed by atoms with van der Waals surface area (Å²) in [4.78, 5) is 17.3. The second-order valence-corrected chi connectivity index (χ2v) is 6.78. The van der Waals surface area contributed by atoms with Crippen LogP contribution in [-0.4, -0.2) is 44.1 Å². The van der Waals surface area contributed by atoms with Crippen molar-refractivity contribution in [1.82, 2.24) is 5.32 Å². The van der Waals surface area contributed by atoms with Crippen LogP contribution in [0.1, 0.15) is 32.3 Å². The zero-order chi connectivity index (χ0) is 16.5. The first-order valence-electron chi connectivity index (χ1n) is 8.08. The Morgan fingerprint density at radius 2 is 2.00 bits per heavy atom. The first kappa shape index (κ1) is 16.1. The maximum absolute atomic E-state index is 12.7. The Hall–Kier alpha value is -1.72. The normalized spacial score (nSPS) is 21.4. The molecule has 124 valence electrons. The second-order valence-electron chi connectivity index (χ2n) is 6.78. The third-order valence-corrected chi connectivity index (χ3v) is 5.02. The Bertz CT molecular complexity index is 631. The zero-order valence-corrected chi connectivity index (χ0v) is 14.0. The van der Waals surface area contributed by atoms with E-state index in [-0.39, 0.29) is 16.9 Å². The maximum atomic E-state index is 12.7. The van der Waals surface area contributed by atoms with Crippen LogP contribution in [0.2, 0.25) is 0 Å². The van der Waals surface area contributed by atoms with Crippen LogP contribution in [0.15, 0.2) is 29.3 Å². The zero-order valence-electron chi connectivity index (χ0n) is 14.0. The third-order valence-electron chi connectivity index (χ3n) is 5.02. The van der Waals surface area contributed by atoms with Crippen molar-refractivity contribution >= 4 is 17.3 Å². The summed E-state index contributed by atoms with van der Waals surface area (Å²) in [5, 5.41) is 3.03. The van der Waals surface area contributed by atoms with E-state index in [1.807, 2.05) is 38.1 Å². The number of ether oxygens (including phenoxy) is 2. The number of carbonyl (C=O) groups is 1. The summed E-state index contributed by atoms with van der Waals surface area (Å²) in [6.45, 7) is 5.90. The van der Waals surface area contributed by atoms with E-state index in [1.54, 1.807) is 7.11 Å². The molecule has 1 amide bonds. The number of benzene rings is 1. The minimum absolute atomic E-state index is 0.117. The number of fused-ring (bicyclic) bond motifs is 1. The van der Waals surface area contributed by atoms with Crippen LogP contribution in [-0.2, 0) is 19.7 Å². The van der Waals surface area contributed by atoms with Gasteiger partial charge in [-0.25, -0.2) is 4.99 Å². The van der Waals surface area contributed by atoms with Crippen LogP contribution in [0.4, 0.5) is 5.69 Å². The van der Waals surface area contributed by atoms with Gasteiger partial charge in [0.05, 0.1) is 11.3 Å². The molecule has 0 saturated carbocycles. The number of aliphatic imine (C=N–C) groups is 1. The minimum Gasteiger partial charge on any atom is -0.381 e. The van der Waals surface area contributed by atoms with Crippen molar-refractivity contribution < 1.29 is 14.3 Å². The smallest absolute Gasteiger partial charge is 0.266 e. The molecule has 0 radical (unpaired) electrons. The number of rotatable bonds is 4. The number of nitrogens with one attached hydrogen (secondary N) is 1. The Morgan fingerprint density at radius 1 is 1.30 bits per heavy atom. The molecule has 1 aromatic carbocycles. The molecule has 2 heterocycles. The van der Waals surface area contributed by atoms with E-state index < -0.39 is 0 Å². The highest BCUT2D eigenvalue weighted by Gasteiger charge is 2.40. The van der Waals surface area contributed by atoms with Gasteiger partial charge in [0.25, 0.3) is 5.91 Å². The maximum Gasteiger partial charge on any atom is 0.266 e. The third kappa shape index (κ3) is 2.91. The molecule has 23 heavy (non-hydrogen) atoms. The average Bonchev–Trinajstić information content (AvgIpc) is 2.85. The summed E-state index contributed by atoms with van der Waals surface area (Å²) in [6.07, 6.45) is 1.58. The summed E-state index contributed by atoms with van der Waals surface area (Å²) < 4.78 is 11.1. The van der Waals surface area contributed by atoms with Gasteiger partial charge in [-0.2, -0.15) is 0 Å².